The molecule has 1 saturated carbocycles. The number of aryl methyl sites for hydroxylation is 1. The van der Waals surface area contributed by atoms with Gasteiger partial charge in [-0.15, -0.1) is 0 Å². The number of nitrogens with zero attached hydrogens (tertiary/aromatic N) is 1. The second-order valence-corrected chi connectivity index (χ2v) is 7.54. The molecule has 0 saturated heterocycles. The van der Waals surface area contributed by atoms with E-state index in [0.717, 1.165) is 36.3 Å². The second-order valence-electron chi connectivity index (χ2n) is 7.54. The van der Waals surface area contributed by atoms with Gasteiger partial charge < -0.3 is 20.4 Å². The summed E-state index contributed by atoms with van der Waals surface area (Å²) in [5, 5.41) is 9.75. The summed E-state index contributed by atoms with van der Waals surface area (Å²) < 4.78 is 5.19. The van der Waals surface area contributed by atoms with Crippen LogP contribution in [0, 0.1) is 18.8 Å². The van der Waals surface area contributed by atoms with E-state index in [1.807, 2.05) is 6.92 Å². The molecule has 0 spiro atoms. The van der Waals surface area contributed by atoms with Crippen molar-refractivity contribution < 1.29 is 9.21 Å². The van der Waals surface area contributed by atoms with Crippen LogP contribution in [0.5, 0.6) is 0 Å². The molecule has 6 nitrogen and oxygen atoms in total. The Bertz CT molecular complexity index is 586. The van der Waals surface area contributed by atoms with Crippen LogP contribution in [-0.4, -0.2) is 38.0 Å². The van der Waals surface area contributed by atoms with E-state index >= 15 is 0 Å². The quantitative estimate of drug-likeness (QED) is 0.396. The highest BCUT2D eigenvalue weighted by Gasteiger charge is 2.23. The number of guanidine groups is 1. The van der Waals surface area contributed by atoms with Gasteiger partial charge in [0, 0.05) is 31.7 Å². The Morgan fingerprint density at radius 1 is 1.23 bits per heavy atom. The van der Waals surface area contributed by atoms with Crippen molar-refractivity contribution in [2.75, 3.05) is 20.1 Å². The van der Waals surface area contributed by atoms with Gasteiger partial charge in [-0.05, 0) is 56.9 Å². The van der Waals surface area contributed by atoms with Gasteiger partial charge in [0.2, 0.25) is 0 Å². The van der Waals surface area contributed by atoms with Crippen molar-refractivity contribution in [2.45, 2.75) is 58.9 Å². The number of furan rings is 1. The standard InChI is InChI=1S/C20H34N4O2/c1-14(2)16-6-8-17(9-7-16)24-20(21-4)23-12-5-11-22-19(25)18-15(3)10-13-26-18/h10,13-14,16-17H,5-9,11-12H2,1-4H3,(H,22,25)(H2,21,23,24). The van der Waals surface area contributed by atoms with Crippen molar-refractivity contribution in [2.24, 2.45) is 16.8 Å². The van der Waals surface area contributed by atoms with Crippen molar-refractivity contribution in [3.8, 4) is 0 Å². The summed E-state index contributed by atoms with van der Waals surface area (Å²) in [5.41, 5.74) is 0.859. The molecule has 1 aromatic rings. The number of rotatable bonds is 7. The number of carbonyl (C=O) groups excluding carboxylic acids is 1. The van der Waals surface area contributed by atoms with E-state index in [-0.39, 0.29) is 5.91 Å². The number of hydrogen-bond donors (Lipinski definition) is 3. The van der Waals surface area contributed by atoms with Gasteiger partial charge in [-0.25, -0.2) is 0 Å². The summed E-state index contributed by atoms with van der Waals surface area (Å²) in [4.78, 5) is 16.3. The first-order valence-corrected chi connectivity index (χ1v) is 9.80. The van der Waals surface area contributed by atoms with Gasteiger partial charge in [-0.1, -0.05) is 13.8 Å². The van der Waals surface area contributed by atoms with Crippen LogP contribution in [-0.2, 0) is 0 Å². The smallest absolute Gasteiger partial charge is 0.287 e. The minimum atomic E-state index is -0.156. The summed E-state index contributed by atoms with van der Waals surface area (Å²) in [6.45, 7) is 7.88. The molecule has 6 heteroatoms. The third-order valence-corrected chi connectivity index (χ3v) is 5.28. The fourth-order valence-electron chi connectivity index (χ4n) is 3.50. The fourth-order valence-corrected chi connectivity index (χ4v) is 3.50. The molecule has 1 aliphatic carbocycles. The van der Waals surface area contributed by atoms with Gasteiger partial charge in [0.25, 0.3) is 5.91 Å². The maximum atomic E-state index is 12.0. The Morgan fingerprint density at radius 2 is 1.92 bits per heavy atom. The normalized spacial score (nSPS) is 20.9. The molecule has 1 aliphatic rings. The van der Waals surface area contributed by atoms with Gasteiger partial charge >= 0.3 is 0 Å². The van der Waals surface area contributed by atoms with Crippen LogP contribution in [0.4, 0.5) is 0 Å². The molecule has 1 heterocycles. The molecular formula is C20H34N4O2. The van der Waals surface area contributed by atoms with E-state index in [0.29, 0.717) is 18.3 Å². The average molecular weight is 363 g/mol. The number of amides is 1. The minimum Gasteiger partial charge on any atom is -0.459 e. The van der Waals surface area contributed by atoms with Crippen LogP contribution < -0.4 is 16.0 Å². The van der Waals surface area contributed by atoms with Crippen molar-refractivity contribution >= 4 is 11.9 Å². The number of aliphatic imine (C=N–C) groups is 1. The molecule has 0 atom stereocenters. The van der Waals surface area contributed by atoms with Crippen LogP contribution in [0.25, 0.3) is 0 Å². The van der Waals surface area contributed by atoms with Crippen molar-refractivity contribution in [3.05, 3.63) is 23.7 Å². The Labute approximate surface area is 157 Å². The van der Waals surface area contributed by atoms with Crippen LogP contribution in [0.1, 0.15) is 62.1 Å². The zero-order valence-corrected chi connectivity index (χ0v) is 16.6. The molecule has 1 amide bonds. The summed E-state index contributed by atoms with van der Waals surface area (Å²) in [6.07, 6.45) is 7.38. The van der Waals surface area contributed by atoms with Gasteiger partial charge in [0.05, 0.1) is 6.26 Å². The van der Waals surface area contributed by atoms with Gasteiger partial charge in [0.15, 0.2) is 11.7 Å². The Morgan fingerprint density at radius 3 is 2.50 bits per heavy atom. The fraction of sp³-hybridized carbons (Fsp3) is 0.700. The predicted octanol–water partition coefficient (Wildman–Crippen LogP) is 3.09. The molecule has 26 heavy (non-hydrogen) atoms. The number of carbonyl (C=O) groups is 1. The lowest BCUT2D eigenvalue weighted by Crippen LogP contribution is -2.45. The zero-order chi connectivity index (χ0) is 18.9. The van der Waals surface area contributed by atoms with Crippen LogP contribution in [0.2, 0.25) is 0 Å². The Balaban J connectivity index is 1.61. The van der Waals surface area contributed by atoms with Crippen LogP contribution >= 0.6 is 0 Å². The van der Waals surface area contributed by atoms with Crippen molar-refractivity contribution in [1.82, 2.24) is 16.0 Å². The van der Waals surface area contributed by atoms with E-state index in [1.54, 1.807) is 13.1 Å². The van der Waals surface area contributed by atoms with Crippen LogP contribution in [0.15, 0.2) is 21.7 Å². The highest BCUT2D eigenvalue weighted by atomic mass is 16.3. The lowest BCUT2D eigenvalue weighted by atomic mass is 9.80. The first kappa shape index (κ1) is 20.3. The second kappa shape index (κ2) is 10.2. The van der Waals surface area contributed by atoms with E-state index in [1.165, 1.54) is 31.9 Å². The van der Waals surface area contributed by atoms with Gasteiger partial charge in [0.1, 0.15) is 0 Å². The molecule has 0 radical (unpaired) electrons. The maximum Gasteiger partial charge on any atom is 0.287 e. The van der Waals surface area contributed by atoms with E-state index in [4.69, 9.17) is 4.42 Å². The van der Waals surface area contributed by atoms with Crippen molar-refractivity contribution in [1.29, 1.82) is 0 Å². The largest absolute Gasteiger partial charge is 0.459 e. The molecule has 0 unspecified atom stereocenters. The van der Waals surface area contributed by atoms with E-state index in [2.05, 4.69) is 34.8 Å². The summed E-state index contributed by atoms with van der Waals surface area (Å²) in [5.74, 6) is 2.74. The first-order valence-electron chi connectivity index (χ1n) is 9.80. The lowest BCUT2D eigenvalue weighted by Gasteiger charge is -2.32. The molecular weight excluding hydrogens is 328 g/mol. The van der Waals surface area contributed by atoms with Crippen LogP contribution in [0.3, 0.4) is 0 Å². The summed E-state index contributed by atoms with van der Waals surface area (Å²) >= 11 is 0. The summed E-state index contributed by atoms with van der Waals surface area (Å²) in [7, 11) is 1.80. The molecule has 3 N–H and O–H groups in total. The third kappa shape index (κ3) is 6.07. The molecule has 0 aliphatic heterocycles. The van der Waals surface area contributed by atoms with Gasteiger partial charge in [-0.3, -0.25) is 9.79 Å². The highest BCUT2D eigenvalue weighted by molar-refractivity contribution is 5.92. The van der Waals surface area contributed by atoms with E-state index < -0.39 is 0 Å². The number of nitrogens with one attached hydrogen (secondary N) is 3. The molecule has 146 valence electrons. The number of hydrogen-bond acceptors (Lipinski definition) is 3. The topological polar surface area (TPSA) is 78.7 Å². The minimum absolute atomic E-state index is 0.156. The molecule has 1 fully saturated rings. The SMILES string of the molecule is CN=C(NCCCNC(=O)c1occc1C)NC1CCC(C(C)C)CC1. The zero-order valence-electron chi connectivity index (χ0n) is 16.6. The maximum absolute atomic E-state index is 12.0. The molecule has 2 rings (SSSR count). The predicted molar refractivity (Wildman–Crippen MR) is 105 cm³/mol. The third-order valence-electron chi connectivity index (χ3n) is 5.28. The average Bonchev–Trinajstić information content (AvgIpc) is 3.06. The Hall–Kier alpha value is -1.98. The van der Waals surface area contributed by atoms with E-state index in [9.17, 15) is 4.79 Å². The highest BCUT2D eigenvalue weighted by Crippen LogP contribution is 2.29. The van der Waals surface area contributed by atoms with Crippen molar-refractivity contribution in [3.63, 3.8) is 0 Å². The summed E-state index contributed by atoms with van der Waals surface area (Å²) in [6, 6.07) is 2.30. The molecule has 0 bridgehead atoms. The molecule has 1 aromatic heterocycles. The monoisotopic (exact) mass is 362 g/mol. The molecule has 0 aromatic carbocycles. The van der Waals surface area contributed by atoms with Gasteiger partial charge in [-0.2, -0.15) is 0 Å². The first-order chi connectivity index (χ1) is 12.5. The Kier molecular flexibility index (Phi) is 8.01. The lowest BCUT2D eigenvalue weighted by molar-refractivity contribution is 0.0925.